The second kappa shape index (κ2) is 15.6. The van der Waals surface area contributed by atoms with E-state index in [1.54, 1.807) is 21.3 Å². The van der Waals surface area contributed by atoms with E-state index in [2.05, 4.69) is 28.1 Å². The Morgan fingerprint density at radius 1 is 0.805 bits per heavy atom. The van der Waals surface area contributed by atoms with Gasteiger partial charge in [0.05, 0.1) is 45.4 Å². The Morgan fingerprint density at radius 3 is 2.46 bits per heavy atom. The van der Waals surface area contributed by atoms with Gasteiger partial charge in [0, 0.05) is 25.6 Å². The number of carbonyl (C=O) groups is 1. The fourth-order valence-corrected chi connectivity index (χ4v) is 4.87. The SMILES string of the molecule is COc1cccc(OCCCCn2c(CCCCCNC(=O)Cc3ccc(OC)c(OC)c3)nc3ccccc32)c1. The maximum Gasteiger partial charge on any atom is 0.224 e. The Hall–Kier alpha value is -4.20. The van der Waals surface area contributed by atoms with Crippen molar-refractivity contribution >= 4 is 16.9 Å². The van der Waals surface area contributed by atoms with Crippen molar-refractivity contribution in [3.63, 3.8) is 0 Å². The molecule has 0 aliphatic heterocycles. The highest BCUT2D eigenvalue weighted by Crippen LogP contribution is 2.27. The lowest BCUT2D eigenvalue weighted by Crippen LogP contribution is -2.26. The van der Waals surface area contributed by atoms with E-state index in [0.29, 0.717) is 31.1 Å². The van der Waals surface area contributed by atoms with Crippen molar-refractivity contribution in [1.82, 2.24) is 14.9 Å². The Morgan fingerprint density at radius 2 is 1.63 bits per heavy atom. The second-order valence-electron chi connectivity index (χ2n) is 9.93. The monoisotopic (exact) mass is 559 g/mol. The van der Waals surface area contributed by atoms with E-state index in [9.17, 15) is 4.79 Å². The number of fused-ring (bicyclic) bond motifs is 1. The predicted octanol–water partition coefficient (Wildman–Crippen LogP) is 5.99. The first kappa shape index (κ1) is 29.8. The summed E-state index contributed by atoms with van der Waals surface area (Å²) in [6.07, 6.45) is 6.15. The van der Waals surface area contributed by atoms with E-state index in [1.165, 1.54) is 5.52 Å². The zero-order valence-electron chi connectivity index (χ0n) is 24.4. The molecule has 0 fully saturated rings. The smallest absolute Gasteiger partial charge is 0.224 e. The van der Waals surface area contributed by atoms with Crippen LogP contribution >= 0.6 is 0 Å². The summed E-state index contributed by atoms with van der Waals surface area (Å²) in [6.45, 7) is 2.23. The van der Waals surface area contributed by atoms with Gasteiger partial charge in [-0.3, -0.25) is 4.79 Å². The summed E-state index contributed by atoms with van der Waals surface area (Å²) in [7, 11) is 4.85. The van der Waals surface area contributed by atoms with Gasteiger partial charge in [-0.1, -0.05) is 30.7 Å². The number of aromatic nitrogens is 2. The fraction of sp³-hybridized carbons (Fsp3) is 0.394. The van der Waals surface area contributed by atoms with Crippen molar-refractivity contribution < 1.29 is 23.7 Å². The Balaban J connectivity index is 1.19. The minimum atomic E-state index is 0.00870. The molecule has 1 heterocycles. The van der Waals surface area contributed by atoms with Crippen LogP contribution in [0, 0.1) is 0 Å². The third kappa shape index (κ3) is 8.64. The summed E-state index contributed by atoms with van der Waals surface area (Å²) in [5.74, 6) is 4.05. The lowest BCUT2D eigenvalue weighted by molar-refractivity contribution is -0.120. The van der Waals surface area contributed by atoms with Gasteiger partial charge < -0.3 is 28.8 Å². The number of rotatable bonds is 17. The van der Waals surface area contributed by atoms with Gasteiger partial charge in [-0.05, 0) is 67.6 Å². The topological polar surface area (TPSA) is 83.8 Å². The molecule has 4 rings (SSSR count). The van der Waals surface area contributed by atoms with Crippen LogP contribution in [0.2, 0.25) is 0 Å². The van der Waals surface area contributed by atoms with Crippen LogP contribution in [-0.2, 0) is 24.2 Å². The second-order valence-corrected chi connectivity index (χ2v) is 9.93. The Labute approximate surface area is 242 Å². The number of benzene rings is 3. The molecule has 0 radical (unpaired) electrons. The largest absolute Gasteiger partial charge is 0.497 e. The molecule has 8 heteroatoms. The first-order chi connectivity index (χ1) is 20.1. The minimum absolute atomic E-state index is 0.00870. The van der Waals surface area contributed by atoms with Crippen molar-refractivity contribution in [3.05, 3.63) is 78.1 Å². The number of methoxy groups -OCH3 is 3. The molecule has 0 aliphatic carbocycles. The Kier molecular flexibility index (Phi) is 11.3. The number of para-hydroxylation sites is 2. The molecule has 8 nitrogen and oxygen atoms in total. The standard InChI is InChI=1S/C33H41N3O5/c1-38-26-12-11-13-27(24-26)41-21-10-9-20-36-29-15-7-6-14-28(29)35-32(36)16-5-4-8-19-34-33(37)23-25-17-18-30(39-2)31(22-25)40-3/h6-7,11-15,17-18,22,24H,4-5,8-10,16,19-21,23H2,1-3H3,(H,34,37). The molecule has 1 aromatic heterocycles. The highest BCUT2D eigenvalue weighted by atomic mass is 16.5. The molecule has 0 unspecified atom stereocenters. The molecular weight excluding hydrogens is 518 g/mol. The van der Waals surface area contributed by atoms with E-state index in [1.807, 2.05) is 48.5 Å². The molecule has 3 aromatic carbocycles. The van der Waals surface area contributed by atoms with E-state index < -0.39 is 0 Å². The van der Waals surface area contributed by atoms with Crippen molar-refractivity contribution in [1.29, 1.82) is 0 Å². The van der Waals surface area contributed by atoms with Crippen LogP contribution < -0.4 is 24.3 Å². The highest BCUT2D eigenvalue weighted by Gasteiger charge is 2.11. The van der Waals surface area contributed by atoms with E-state index in [4.69, 9.17) is 23.9 Å². The zero-order chi connectivity index (χ0) is 28.9. The molecule has 0 bridgehead atoms. The third-order valence-electron chi connectivity index (χ3n) is 7.03. The number of carbonyl (C=O) groups excluding carboxylic acids is 1. The number of imidazole rings is 1. The molecule has 0 saturated carbocycles. The van der Waals surface area contributed by atoms with Crippen LogP contribution in [0.4, 0.5) is 0 Å². The third-order valence-corrected chi connectivity index (χ3v) is 7.03. The molecule has 1 amide bonds. The average molecular weight is 560 g/mol. The number of unbranched alkanes of at least 4 members (excludes halogenated alkanes) is 3. The van der Waals surface area contributed by atoms with Crippen molar-refractivity contribution in [2.75, 3.05) is 34.5 Å². The van der Waals surface area contributed by atoms with Gasteiger partial charge in [0.1, 0.15) is 17.3 Å². The quantitative estimate of drug-likeness (QED) is 0.160. The predicted molar refractivity (Wildman–Crippen MR) is 161 cm³/mol. The number of ether oxygens (including phenoxy) is 4. The van der Waals surface area contributed by atoms with Gasteiger partial charge in [-0.2, -0.15) is 0 Å². The van der Waals surface area contributed by atoms with Crippen molar-refractivity contribution in [3.8, 4) is 23.0 Å². The van der Waals surface area contributed by atoms with Crippen LogP contribution in [0.15, 0.2) is 66.7 Å². The van der Waals surface area contributed by atoms with Crippen LogP contribution in [0.1, 0.15) is 43.5 Å². The fourth-order valence-electron chi connectivity index (χ4n) is 4.87. The maximum atomic E-state index is 12.4. The van der Waals surface area contributed by atoms with Gasteiger partial charge in [-0.25, -0.2) is 4.98 Å². The lowest BCUT2D eigenvalue weighted by Gasteiger charge is -2.11. The number of nitrogens with one attached hydrogen (secondary N) is 1. The first-order valence-electron chi connectivity index (χ1n) is 14.3. The number of hydrogen-bond acceptors (Lipinski definition) is 6. The van der Waals surface area contributed by atoms with E-state index in [0.717, 1.165) is 73.5 Å². The summed E-state index contributed by atoms with van der Waals surface area (Å²) < 4.78 is 24.1. The van der Waals surface area contributed by atoms with Gasteiger partial charge in [-0.15, -0.1) is 0 Å². The number of hydrogen-bond donors (Lipinski definition) is 1. The number of aryl methyl sites for hydroxylation is 2. The molecule has 218 valence electrons. The van der Waals surface area contributed by atoms with Gasteiger partial charge in [0.25, 0.3) is 0 Å². The molecule has 0 aliphatic rings. The molecule has 4 aromatic rings. The first-order valence-corrected chi connectivity index (χ1v) is 14.3. The number of amides is 1. The number of nitrogens with zero attached hydrogens (tertiary/aromatic N) is 2. The zero-order valence-corrected chi connectivity index (χ0v) is 24.4. The highest BCUT2D eigenvalue weighted by molar-refractivity contribution is 5.78. The minimum Gasteiger partial charge on any atom is -0.497 e. The van der Waals surface area contributed by atoms with Gasteiger partial charge in [0.15, 0.2) is 11.5 Å². The lowest BCUT2D eigenvalue weighted by atomic mass is 10.1. The normalized spacial score (nSPS) is 10.9. The molecule has 0 saturated heterocycles. The summed E-state index contributed by atoms with van der Waals surface area (Å²) in [5, 5.41) is 3.04. The Bertz CT molecular complexity index is 1400. The molecule has 0 atom stereocenters. The van der Waals surface area contributed by atoms with Crippen molar-refractivity contribution in [2.45, 2.75) is 51.5 Å². The van der Waals surface area contributed by atoms with Gasteiger partial charge >= 0.3 is 0 Å². The molecule has 41 heavy (non-hydrogen) atoms. The molecule has 0 spiro atoms. The van der Waals surface area contributed by atoms with Crippen LogP contribution in [0.25, 0.3) is 11.0 Å². The van der Waals surface area contributed by atoms with Crippen LogP contribution in [0.3, 0.4) is 0 Å². The maximum absolute atomic E-state index is 12.4. The van der Waals surface area contributed by atoms with Crippen LogP contribution in [0.5, 0.6) is 23.0 Å². The van der Waals surface area contributed by atoms with E-state index in [-0.39, 0.29) is 5.91 Å². The summed E-state index contributed by atoms with van der Waals surface area (Å²) >= 11 is 0. The summed E-state index contributed by atoms with van der Waals surface area (Å²) in [4.78, 5) is 17.3. The van der Waals surface area contributed by atoms with E-state index >= 15 is 0 Å². The average Bonchev–Trinajstić information content (AvgIpc) is 3.35. The van der Waals surface area contributed by atoms with Crippen LogP contribution in [-0.4, -0.2) is 49.9 Å². The van der Waals surface area contributed by atoms with Gasteiger partial charge in [0.2, 0.25) is 5.91 Å². The molecule has 1 N–H and O–H groups in total. The summed E-state index contributed by atoms with van der Waals surface area (Å²) in [5.41, 5.74) is 3.11. The van der Waals surface area contributed by atoms with Crippen molar-refractivity contribution in [2.24, 2.45) is 0 Å². The summed E-state index contributed by atoms with van der Waals surface area (Å²) in [6, 6.07) is 21.6. The molecular formula is C33H41N3O5.